The van der Waals surface area contributed by atoms with Crippen LogP contribution in [0.2, 0.25) is 0 Å². The molecular formula is C19H24N6O. The standard InChI is InChI=1S/C19H24N6O/c1-3-17-9-18(24-23-17)11-20-19(26)22-14(2)16-10-21-25(13-16)12-15-7-5-4-6-8-15/h4-10,13-14H,3,11-12H2,1-2H3,(H,23,24)(H2,20,22,26). The van der Waals surface area contributed by atoms with Crippen LogP contribution in [0.1, 0.15) is 42.4 Å². The van der Waals surface area contributed by atoms with E-state index in [9.17, 15) is 4.79 Å². The molecule has 0 fully saturated rings. The summed E-state index contributed by atoms with van der Waals surface area (Å²) in [6, 6.07) is 11.8. The summed E-state index contributed by atoms with van der Waals surface area (Å²) in [5, 5.41) is 17.2. The summed E-state index contributed by atoms with van der Waals surface area (Å²) >= 11 is 0. The number of amides is 2. The molecule has 136 valence electrons. The molecule has 0 aliphatic carbocycles. The molecule has 0 saturated heterocycles. The zero-order valence-electron chi connectivity index (χ0n) is 15.1. The molecule has 7 nitrogen and oxygen atoms in total. The molecule has 0 saturated carbocycles. The molecule has 3 N–H and O–H groups in total. The van der Waals surface area contributed by atoms with Crippen LogP contribution in [0.4, 0.5) is 4.79 Å². The second kappa shape index (κ2) is 8.33. The number of nitrogens with one attached hydrogen (secondary N) is 3. The first kappa shape index (κ1) is 17.7. The number of urea groups is 1. The van der Waals surface area contributed by atoms with Gasteiger partial charge in [-0.3, -0.25) is 9.78 Å². The molecule has 0 aliphatic rings. The van der Waals surface area contributed by atoms with Crippen LogP contribution in [-0.4, -0.2) is 26.0 Å². The van der Waals surface area contributed by atoms with Crippen molar-refractivity contribution < 1.29 is 4.79 Å². The Morgan fingerprint density at radius 1 is 1.31 bits per heavy atom. The number of hydrogen-bond acceptors (Lipinski definition) is 3. The van der Waals surface area contributed by atoms with Crippen molar-refractivity contribution in [2.75, 3.05) is 0 Å². The van der Waals surface area contributed by atoms with Crippen molar-refractivity contribution in [3.05, 3.63) is 71.3 Å². The van der Waals surface area contributed by atoms with E-state index in [1.165, 1.54) is 5.56 Å². The Bertz CT molecular complexity index is 839. The summed E-state index contributed by atoms with van der Waals surface area (Å²) in [7, 11) is 0. The molecule has 2 aromatic heterocycles. The summed E-state index contributed by atoms with van der Waals surface area (Å²) in [5.41, 5.74) is 4.03. The van der Waals surface area contributed by atoms with Crippen LogP contribution in [0.3, 0.4) is 0 Å². The number of rotatable bonds is 7. The smallest absolute Gasteiger partial charge is 0.315 e. The summed E-state index contributed by atoms with van der Waals surface area (Å²) in [6.07, 6.45) is 4.61. The van der Waals surface area contributed by atoms with Crippen molar-refractivity contribution in [3.63, 3.8) is 0 Å². The number of hydrogen-bond donors (Lipinski definition) is 3. The quantitative estimate of drug-likeness (QED) is 0.611. The summed E-state index contributed by atoms with van der Waals surface area (Å²) in [6.45, 7) is 5.10. The molecule has 0 aliphatic heterocycles. The highest BCUT2D eigenvalue weighted by Crippen LogP contribution is 2.12. The van der Waals surface area contributed by atoms with E-state index in [-0.39, 0.29) is 12.1 Å². The summed E-state index contributed by atoms with van der Waals surface area (Å²) < 4.78 is 1.87. The van der Waals surface area contributed by atoms with Crippen LogP contribution in [0.25, 0.3) is 0 Å². The topological polar surface area (TPSA) is 87.6 Å². The Morgan fingerprint density at radius 3 is 2.85 bits per heavy atom. The van der Waals surface area contributed by atoms with Gasteiger partial charge in [-0.2, -0.15) is 10.2 Å². The number of H-pyrrole nitrogens is 1. The highest BCUT2D eigenvalue weighted by molar-refractivity contribution is 5.74. The average Bonchev–Trinajstić information content (AvgIpc) is 3.30. The van der Waals surface area contributed by atoms with E-state index in [0.717, 1.165) is 23.4 Å². The molecule has 0 bridgehead atoms. The van der Waals surface area contributed by atoms with E-state index in [1.54, 1.807) is 6.20 Å². The zero-order valence-corrected chi connectivity index (χ0v) is 15.1. The van der Waals surface area contributed by atoms with Crippen LogP contribution in [0, 0.1) is 0 Å². The van der Waals surface area contributed by atoms with Crippen LogP contribution >= 0.6 is 0 Å². The molecule has 1 atom stereocenters. The SMILES string of the molecule is CCc1cc(CNC(=O)NC(C)c2cnn(Cc3ccccc3)c2)[nH]n1. The predicted octanol–water partition coefficient (Wildman–Crippen LogP) is 2.78. The van der Waals surface area contributed by atoms with Crippen molar-refractivity contribution in [3.8, 4) is 0 Å². The Balaban J connectivity index is 1.49. The van der Waals surface area contributed by atoms with E-state index >= 15 is 0 Å². The molecule has 1 unspecified atom stereocenters. The van der Waals surface area contributed by atoms with Crippen molar-refractivity contribution in [2.45, 2.75) is 39.4 Å². The molecule has 7 heteroatoms. The molecule has 2 amide bonds. The van der Waals surface area contributed by atoms with Gasteiger partial charge in [0, 0.05) is 11.8 Å². The Labute approximate surface area is 152 Å². The minimum absolute atomic E-state index is 0.132. The van der Waals surface area contributed by atoms with Gasteiger partial charge in [0.15, 0.2) is 0 Å². The van der Waals surface area contributed by atoms with Crippen molar-refractivity contribution in [1.29, 1.82) is 0 Å². The lowest BCUT2D eigenvalue weighted by molar-refractivity contribution is 0.237. The lowest BCUT2D eigenvalue weighted by Gasteiger charge is -2.12. The first-order valence-corrected chi connectivity index (χ1v) is 8.78. The monoisotopic (exact) mass is 352 g/mol. The number of aromatic amines is 1. The molecule has 3 rings (SSSR count). The maximum absolute atomic E-state index is 12.1. The fourth-order valence-electron chi connectivity index (χ4n) is 2.65. The molecule has 0 radical (unpaired) electrons. The Hall–Kier alpha value is -3.09. The van der Waals surface area contributed by atoms with E-state index in [1.807, 2.05) is 49.0 Å². The van der Waals surface area contributed by atoms with Gasteiger partial charge >= 0.3 is 6.03 Å². The Kier molecular flexibility index (Phi) is 5.68. The minimum atomic E-state index is -0.221. The third kappa shape index (κ3) is 4.72. The fraction of sp³-hybridized carbons (Fsp3) is 0.316. The third-order valence-corrected chi connectivity index (χ3v) is 4.17. The van der Waals surface area contributed by atoms with E-state index in [0.29, 0.717) is 13.1 Å². The van der Waals surface area contributed by atoms with Crippen LogP contribution in [0.15, 0.2) is 48.8 Å². The molecule has 3 aromatic rings. The number of benzene rings is 1. The van der Waals surface area contributed by atoms with E-state index < -0.39 is 0 Å². The van der Waals surface area contributed by atoms with Gasteiger partial charge in [0.05, 0.1) is 36.7 Å². The van der Waals surface area contributed by atoms with Crippen molar-refractivity contribution >= 4 is 6.03 Å². The summed E-state index contributed by atoms with van der Waals surface area (Å²) in [5.74, 6) is 0. The van der Waals surface area contributed by atoms with Crippen molar-refractivity contribution in [1.82, 2.24) is 30.6 Å². The van der Waals surface area contributed by atoms with Crippen LogP contribution < -0.4 is 10.6 Å². The summed E-state index contributed by atoms with van der Waals surface area (Å²) in [4.78, 5) is 12.1. The van der Waals surface area contributed by atoms with Gasteiger partial charge < -0.3 is 10.6 Å². The van der Waals surface area contributed by atoms with E-state index in [2.05, 4.69) is 38.1 Å². The fourth-order valence-corrected chi connectivity index (χ4v) is 2.65. The number of carbonyl (C=O) groups excluding carboxylic acids is 1. The first-order valence-electron chi connectivity index (χ1n) is 8.78. The zero-order chi connectivity index (χ0) is 18.4. The third-order valence-electron chi connectivity index (χ3n) is 4.17. The van der Waals surface area contributed by atoms with Crippen LogP contribution in [-0.2, 0) is 19.5 Å². The molecule has 2 heterocycles. The van der Waals surface area contributed by atoms with Gasteiger partial charge in [-0.25, -0.2) is 4.79 Å². The number of carbonyl (C=O) groups is 1. The van der Waals surface area contributed by atoms with Crippen molar-refractivity contribution in [2.24, 2.45) is 0 Å². The van der Waals surface area contributed by atoms with E-state index in [4.69, 9.17) is 0 Å². The van der Waals surface area contributed by atoms with Gasteiger partial charge in [0.1, 0.15) is 0 Å². The van der Waals surface area contributed by atoms with Gasteiger partial charge in [0.2, 0.25) is 0 Å². The normalized spacial score (nSPS) is 11.9. The number of aromatic nitrogens is 4. The molecular weight excluding hydrogens is 328 g/mol. The first-order chi connectivity index (χ1) is 12.6. The van der Waals surface area contributed by atoms with Gasteiger partial charge in [-0.1, -0.05) is 37.3 Å². The van der Waals surface area contributed by atoms with Gasteiger partial charge in [-0.05, 0) is 25.0 Å². The van der Waals surface area contributed by atoms with Gasteiger partial charge in [0.25, 0.3) is 0 Å². The van der Waals surface area contributed by atoms with Crippen LogP contribution in [0.5, 0.6) is 0 Å². The number of aryl methyl sites for hydroxylation is 1. The lowest BCUT2D eigenvalue weighted by atomic mass is 10.2. The molecule has 26 heavy (non-hydrogen) atoms. The Morgan fingerprint density at radius 2 is 2.12 bits per heavy atom. The average molecular weight is 352 g/mol. The molecule has 0 spiro atoms. The lowest BCUT2D eigenvalue weighted by Crippen LogP contribution is -2.36. The maximum atomic E-state index is 12.1. The maximum Gasteiger partial charge on any atom is 0.315 e. The molecule has 1 aromatic carbocycles. The largest absolute Gasteiger partial charge is 0.333 e. The predicted molar refractivity (Wildman–Crippen MR) is 99.5 cm³/mol. The minimum Gasteiger partial charge on any atom is -0.333 e. The van der Waals surface area contributed by atoms with Gasteiger partial charge in [-0.15, -0.1) is 0 Å². The number of nitrogens with zero attached hydrogens (tertiary/aromatic N) is 3. The second-order valence-corrected chi connectivity index (χ2v) is 6.24. The highest BCUT2D eigenvalue weighted by Gasteiger charge is 2.12. The second-order valence-electron chi connectivity index (χ2n) is 6.24. The highest BCUT2D eigenvalue weighted by atomic mass is 16.2.